The molecule has 92 valence electrons. The second-order valence-corrected chi connectivity index (χ2v) is 4.42. The maximum absolute atomic E-state index is 10.9. The molecule has 0 aliphatic heterocycles. The zero-order chi connectivity index (χ0) is 13.1. The smallest absolute Gasteiger partial charge is 0.311 e. The number of ether oxygens (including phenoxy) is 1. The Labute approximate surface area is 111 Å². The predicted molar refractivity (Wildman–Crippen MR) is 71.7 cm³/mol. The summed E-state index contributed by atoms with van der Waals surface area (Å²) in [6, 6.07) is 11.3. The van der Waals surface area contributed by atoms with Gasteiger partial charge in [0.2, 0.25) is 5.75 Å². The molecule has 0 unspecified atom stereocenters. The first kappa shape index (κ1) is 12.4. The third-order valence-corrected chi connectivity index (χ3v) is 2.75. The average Bonchev–Trinajstić information content (AvgIpc) is 2.32. The van der Waals surface area contributed by atoms with E-state index in [1.165, 1.54) is 12.1 Å². The molecule has 2 N–H and O–H groups in total. The van der Waals surface area contributed by atoms with Gasteiger partial charge < -0.3 is 10.5 Å². The third-order valence-electron chi connectivity index (χ3n) is 2.26. The molecule has 2 aromatic carbocycles. The first-order valence-electron chi connectivity index (χ1n) is 5.04. The molecule has 0 heterocycles. The Kier molecular flexibility index (Phi) is 3.47. The van der Waals surface area contributed by atoms with Gasteiger partial charge in [-0.3, -0.25) is 10.1 Å². The molecule has 0 amide bonds. The van der Waals surface area contributed by atoms with Gasteiger partial charge >= 0.3 is 5.69 Å². The molecule has 0 radical (unpaired) electrons. The van der Waals surface area contributed by atoms with Crippen LogP contribution in [0.5, 0.6) is 11.5 Å². The quantitative estimate of drug-likeness (QED) is 0.532. The van der Waals surface area contributed by atoms with Crippen molar-refractivity contribution in [1.29, 1.82) is 0 Å². The van der Waals surface area contributed by atoms with Crippen LogP contribution >= 0.6 is 15.9 Å². The van der Waals surface area contributed by atoms with Gasteiger partial charge in [-0.2, -0.15) is 0 Å². The van der Waals surface area contributed by atoms with E-state index in [1.807, 2.05) is 0 Å². The number of nitrogens with zero attached hydrogens (tertiary/aromatic N) is 1. The normalized spacial score (nSPS) is 10.1. The van der Waals surface area contributed by atoms with Gasteiger partial charge in [-0.25, -0.2) is 0 Å². The van der Waals surface area contributed by atoms with Gasteiger partial charge in [0, 0.05) is 16.6 Å². The van der Waals surface area contributed by atoms with Crippen LogP contribution in [0.2, 0.25) is 0 Å². The Morgan fingerprint density at radius 1 is 1.17 bits per heavy atom. The van der Waals surface area contributed by atoms with Crippen LogP contribution in [0.1, 0.15) is 0 Å². The summed E-state index contributed by atoms with van der Waals surface area (Å²) in [7, 11) is 0. The monoisotopic (exact) mass is 308 g/mol. The Hall–Kier alpha value is -2.08. The number of nitrogen functional groups attached to an aromatic ring is 1. The minimum Gasteiger partial charge on any atom is -0.448 e. The molecule has 0 aromatic heterocycles. The van der Waals surface area contributed by atoms with Crippen LogP contribution < -0.4 is 10.5 Å². The van der Waals surface area contributed by atoms with Crippen molar-refractivity contribution in [1.82, 2.24) is 0 Å². The van der Waals surface area contributed by atoms with Crippen LogP contribution in [-0.4, -0.2) is 4.92 Å². The molecule has 6 heteroatoms. The molecule has 0 saturated heterocycles. The molecule has 5 nitrogen and oxygen atoms in total. The lowest BCUT2D eigenvalue weighted by atomic mass is 10.3. The Morgan fingerprint density at radius 2 is 1.89 bits per heavy atom. The molecule has 0 aliphatic rings. The number of nitro benzene ring substituents is 1. The van der Waals surface area contributed by atoms with Gasteiger partial charge in [0.25, 0.3) is 0 Å². The molecule has 0 fully saturated rings. The molecule has 0 atom stereocenters. The van der Waals surface area contributed by atoms with Crippen LogP contribution in [0.25, 0.3) is 0 Å². The van der Waals surface area contributed by atoms with E-state index in [0.717, 1.165) is 0 Å². The van der Waals surface area contributed by atoms with E-state index in [1.54, 1.807) is 30.3 Å². The first-order chi connectivity index (χ1) is 8.58. The van der Waals surface area contributed by atoms with E-state index in [4.69, 9.17) is 10.5 Å². The fraction of sp³-hybridized carbons (Fsp3) is 0. The van der Waals surface area contributed by atoms with Crippen molar-refractivity contribution < 1.29 is 9.66 Å². The molecule has 2 rings (SSSR count). The lowest BCUT2D eigenvalue weighted by Gasteiger charge is -2.08. The van der Waals surface area contributed by atoms with E-state index in [2.05, 4.69) is 15.9 Å². The first-order valence-corrected chi connectivity index (χ1v) is 5.83. The standard InChI is InChI=1S/C12H9BrN2O3/c13-8-5-6-10(15(16)17)12(7-8)18-11-4-2-1-3-9(11)14/h1-7H,14H2. The molecule has 0 aliphatic carbocycles. The molecule has 0 saturated carbocycles. The molecule has 18 heavy (non-hydrogen) atoms. The highest BCUT2D eigenvalue weighted by atomic mass is 79.9. The van der Waals surface area contributed by atoms with Crippen LogP contribution in [-0.2, 0) is 0 Å². The van der Waals surface area contributed by atoms with E-state index in [9.17, 15) is 10.1 Å². The predicted octanol–water partition coefficient (Wildman–Crippen LogP) is 3.73. The molecule has 0 spiro atoms. The third kappa shape index (κ3) is 2.60. The molecular formula is C12H9BrN2O3. The number of anilines is 1. The van der Waals surface area contributed by atoms with Gasteiger partial charge in [0.05, 0.1) is 10.6 Å². The van der Waals surface area contributed by atoms with Gasteiger partial charge in [0.15, 0.2) is 5.75 Å². The average molecular weight is 309 g/mol. The zero-order valence-corrected chi connectivity index (χ0v) is 10.8. The van der Waals surface area contributed by atoms with E-state index >= 15 is 0 Å². The number of para-hydroxylation sites is 2. The van der Waals surface area contributed by atoms with E-state index < -0.39 is 4.92 Å². The summed E-state index contributed by atoms with van der Waals surface area (Å²) in [6.45, 7) is 0. The summed E-state index contributed by atoms with van der Waals surface area (Å²) in [6.07, 6.45) is 0. The molecular weight excluding hydrogens is 300 g/mol. The lowest BCUT2D eigenvalue weighted by Crippen LogP contribution is -1.95. The van der Waals surface area contributed by atoms with E-state index in [-0.39, 0.29) is 11.4 Å². The number of nitrogens with two attached hydrogens (primary N) is 1. The van der Waals surface area contributed by atoms with Gasteiger partial charge in [-0.05, 0) is 18.2 Å². The summed E-state index contributed by atoms with van der Waals surface area (Å²) < 4.78 is 6.18. The minimum atomic E-state index is -0.499. The topological polar surface area (TPSA) is 78.4 Å². The fourth-order valence-electron chi connectivity index (χ4n) is 1.41. The number of benzene rings is 2. The van der Waals surface area contributed by atoms with Crippen molar-refractivity contribution in [3.8, 4) is 11.5 Å². The highest BCUT2D eigenvalue weighted by Gasteiger charge is 2.16. The van der Waals surface area contributed by atoms with Gasteiger partial charge in [0.1, 0.15) is 0 Å². The largest absolute Gasteiger partial charge is 0.448 e. The maximum atomic E-state index is 10.9. The zero-order valence-electron chi connectivity index (χ0n) is 9.17. The van der Waals surface area contributed by atoms with Crippen molar-refractivity contribution >= 4 is 27.3 Å². The Morgan fingerprint density at radius 3 is 2.56 bits per heavy atom. The second-order valence-electron chi connectivity index (χ2n) is 3.51. The number of hydrogen-bond donors (Lipinski definition) is 1. The number of halogens is 1. The number of hydrogen-bond acceptors (Lipinski definition) is 4. The lowest BCUT2D eigenvalue weighted by molar-refractivity contribution is -0.385. The number of nitro groups is 1. The van der Waals surface area contributed by atoms with Crippen molar-refractivity contribution in [2.45, 2.75) is 0 Å². The van der Waals surface area contributed by atoms with Crippen LogP contribution in [0.4, 0.5) is 11.4 Å². The summed E-state index contributed by atoms with van der Waals surface area (Å²) in [4.78, 5) is 10.4. The summed E-state index contributed by atoms with van der Waals surface area (Å²) in [5, 5.41) is 10.9. The van der Waals surface area contributed by atoms with Crippen LogP contribution in [0, 0.1) is 10.1 Å². The Balaban J connectivity index is 2.42. The fourth-order valence-corrected chi connectivity index (χ4v) is 1.75. The van der Waals surface area contributed by atoms with Crippen molar-refractivity contribution in [3.63, 3.8) is 0 Å². The molecule has 0 bridgehead atoms. The second kappa shape index (κ2) is 5.05. The van der Waals surface area contributed by atoms with Crippen molar-refractivity contribution in [2.24, 2.45) is 0 Å². The van der Waals surface area contributed by atoms with Gasteiger partial charge in [-0.15, -0.1) is 0 Å². The van der Waals surface area contributed by atoms with E-state index in [0.29, 0.717) is 15.9 Å². The van der Waals surface area contributed by atoms with Crippen molar-refractivity contribution in [3.05, 3.63) is 57.1 Å². The summed E-state index contributed by atoms with van der Waals surface area (Å²) in [5.41, 5.74) is 6.04. The number of rotatable bonds is 3. The van der Waals surface area contributed by atoms with Crippen LogP contribution in [0.15, 0.2) is 46.9 Å². The van der Waals surface area contributed by atoms with Crippen molar-refractivity contribution in [2.75, 3.05) is 5.73 Å². The SMILES string of the molecule is Nc1ccccc1Oc1cc(Br)ccc1[N+](=O)[O-]. The highest BCUT2D eigenvalue weighted by Crippen LogP contribution is 2.35. The van der Waals surface area contributed by atoms with Gasteiger partial charge in [-0.1, -0.05) is 28.1 Å². The summed E-state index contributed by atoms with van der Waals surface area (Å²) >= 11 is 3.24. The molecule has 2 aromatic rings. The summed E-state index contributed by atoms with van der Waals surface area (Å²) in [5.74, 6) is 0.533. The Bertz CT molecular complexity index is 602. The maximum Gasteiger partial charge on any atom is 0.311 e. The highest BCUT2D eigenvalue weighted by molar-refractivity contribution is 9.10. The minimum absolute atomic E-state index is 0.110. The van der Waals surface area contributed by atoms with Crippen LogP contribution in [0.3, 0.4) is 0 Å².